The number of ether oxygens (including phenoxy) is 2. The van der Waals surface area contributed by atoms with E-state index in [4.69, 9.17) is 9.47 Å². The van der Waals surface area contributed by atoms with Crippen LogP contribution in [0.25, 0.3) is 0 Å². The highest BCUT2D eigenvalue weighted by molar-refractivity contribution is 5.39. The molecular weight excluding hydrogens is 256 g/mol. The average Bonchev–Trinajstić information content (AvgIpc) is 2.84. The van der Waals surface area contributed by atoms with Crippen LogP contribution in [-0.2, 0) is 15.3 Å². The summed E-state index contributed by atoms with van der Waals surface area (Å²) >= 11 is 0. The fourth-order valence-corrected chi connectivity index (χ4v) is 2.42. The second-order valence-corrected chi connectivity index (χ2v) is 4.95. The van der Waals surface area contributed by atoms with E-state index in [2.05, 4.69) is 0 Å². The monoisotopic (exact) mass is 272 g/mol. The first-order valence-electron chi connectivity index (χ1n) is 6.51. The van der Waals surface area contributed by atoms with Crippen molar-refractivity contribution in [3.05, 3.63) is 59.7 Å². The molecule has 0 saturated carbocycles. The van der Waals surface area contributed by atoms with Gasteiger partial charge >= 0.3 is 0 Å². The molecule has 0 bridgehead atoms. The third kappa shape index (κ3) is 2.13. The van der Waals surface area contributed by atoms with Gasteiger partial charge in [0.05, 0.1) is 12.7 Å². The van der Waals surface area contributed by atoms with Crippen LogP contribution in [0, 0.1) is 0 Å². The molecule has 1 fully saturated rings. The molecule has 104 valence electrons. The lowest BCUT2D eigenvalue weighted by Gasteiger charge is -2.29. The van der Waals surface area contributed by atoms with Crippen LogP contribution in [0.2, 0.25) is 0 Å². The maximum atomic E-state index is 9.43. The number of aromatic hydroxyl groups is 2. The van der Waals surface area contributed by atoms with Gasteiger partial charge in [-0.2, -0.15) is 0 Å². The van der Waals surface area contributed by atoms with Crippen LogP contribution >= 0.6 is 0 Å². The molecule has 0 aliphatic carbocycles. The van der Waals surface area contributed by atoms with Gasteiger partial charge in [-0.15, -0.1) is 0 Å². The second kappa shape index (κ2) is 4.81. The van der Waals surface area contributed by atoms with Crippen LogP contribution in [0.3, 0.4) is 0 Å². The van der Waals surface area contributed by atoms with E-state index in [1.807, 2.05) is 6.92 Å². The molecule has 1 saturated heterocycles. The SMILES string of the molecule is CC1COC(c2ccc(O)cc2)(c2ccc(O)cc2)O1. The number of phenols is 2. The summed E-state index contributed by atoms with van der Waals surface area (Å²) in [4.78, 5) is 0. The summed E-state index contributed by atoms with van der Waals surface area (Å²) in [5.41, 5.74) is 1.62. The van der Waals surface area contributed by atoms with Crippen LogP contribution in [0.4, 0.5) is 0 Å². The van der Waals surface area contributed by atoms with E-state index in [9.17, 15) is 10.2 Å². The third-order valence-corrected chi connectivity index (χ3v) is 3.38. The first kappa shape index (κ1) is 13.0. The lowest BCUT2D eigenvalue weighted by Crippen LogP contribution is -2.29. The predicted molar refractivity (Wildman–Crippen MR) is 73.5 cm³/mol. The van der Waals surface area contributed by atoms with Gasteiger partial charge in [-0.05, 0) is 55.5 Å². The molecule has 1 unspecified atom stereocenters. The molecule has 1 heterocycles. The van der Waals surface area contributed by atoms with E-state index in [1.165, 1.54) is 0 Å². The Bertz CT molecular complexity index is 543. The normalized spacial score (nSPS) is 20.9. The van der Waals surface area contributed by atoms with Crippen molar-refractivity contribution in [1.29, 1.82) is 0 Å². The van der Waals surface area contributed by atoms with E-state index in [-0.39, 0.29) is 17.6 Å². The first-order valence-corrected chi connectivity index (χ1v) is 6.51. The van der Waals surface area contributed by atoms with Gasteiger partial charge < -0.3 is 19.7 Å². The Morgan fingerprint density at radius 2 is 1.35 bits per heavy atom. The summed E-state index contributed by atoms with van der Waals surface area (Å²) in [5.74, 6) is -0.595. The van der Waals surface area contributed by atoms with Gasteiger partial charge in [-0.25, -0.2) is 0 Å². The summed E-state index contributed by atoms with van der Waals surface area (Å²) in [5, 5.41) is 18.9. The van der Waals surface area contributed by atoms with Gasteiger partial charge in [0, 0.05) is 11.1 Å². The van der Waals surface area contributed by atoms with E-state index in [0.717, 1.165) is 11.1 Å². The van der Waals surface area contributed by atoms with Crippen molar-refractivity contribution in [1.82, 2.24) is 0 Å². The van der Waals surface area contributed by atoms with Crippen LogP contribution in [0.15, 0.2) is 48.5 Å². The van der Waals surface area contributed by atoms with Gasteiger partial charge in [0.25, 0.3) is 0 Å². The summed E-state index contributed by atoms with van der Waals surface area (Å²) in [6.45, 7) is 2.43. The molecule has 20 heavy (non-hydrogen) atoms. The molecule has 2 N–H and O–H groups in total. The number of phenolic OH excluding ortho intramolecular Hbond substituents is 2. The highest BCUT2D eigenvalue weighted by Crippen LogP contribution is 2.41. The molecule has 0 aromatic heterocycles. The van der Waals surface area contributed by atoms with Gasteiger partial charge in [0.1, 0.15) is 11.5 Å². The van der Waals surface area contributed by atoms with Crippen LogP contribution in [0.1, 0.15) is 18.1 Å². The summed E-state index contributed by atoms with van der Waals surface area (Å²) in [6, 6.07) is 13.5. The zero-order valence-corrected chi connectivity index (χ0v) is 11.1. The highest BCUT2D eigenvalue weighted by atomic mass is 16.7. The smallest absolute Gasteiger partial charge is 0.222 e. The molecule has 4 nitrogen and oxygen atoms in total. The number of hydrogen-bond acceptors (Lipinski definition) is 4. The predicted octanol–water partition coefficient (Wildman–Crippen LogP) is 2.73. The summed E-state index contributed by atoms with van der Waals surface area (Å²) in [7, 11) is 0. The fourth-order valence-electron chi connectivity index (χ4n) is 2.42. The highest BCUT2D eigenvalue weighted by Gasteiger charge is 2.43. The minimum absolute atomic E-state index is 0.0300. The van der Waals surface area contributed by atoms with Gasteiger partial charge in [0.15, 0.2) is 0 Å². The first-order chi connectivity index (χ1) is 9.60. The van der Waals surface area contributed by atoms with Crippen LogP contribution < -0.4 is 0 Å². The van der Waals surface area contributed by atoms with Crippen LogP contribution in [0.5, 0.6) is 11.5 Å². The maximum absolute atomic E-state index is 9.43. The lowest BCUT2D eigenvalue weighted by molar-refractivity contribution is -0.140. The maximum Gasteiger partial charge on any atom is 0.222 e. The Kier molecular flexibility index (Phi) is 3.12. The summed E-state index contributed by atoms with van der Waals surface area (Å²) in [6.07, 6.45) is -0.0300. The van der Waals surface area contributed by atoms with Gasteiger partial charge in [-0.3, -0.25) is 0 Å². The van der Waals surface area contributed by atoms with Crippen molar-refractivity contribution in [3.63, 3.8) is 0 Å². The fraction of sp³-hybridized carbons (Fsp3) is 0.250. The van der Waals surface area contributed by atoms with Crippen molar-refractivity contribution in [2.24, 2.45) is 0 Å². The van der Waals surface area contributed by atoms with Crippen molar-refractivity contribution < 1.29 is 19.7 Å². The Balaban J connectivity index is 2.09. The Labute approximate surface area is 117 Å². The molecule has 1 aliphatic rings. The summed E-state index contributed by atoms with van der Waals surface area (Å²) < 4.78 is 11.9. The number of benzene rings is 2. The minimum atomic E-state index is -0.985. The van der Waals surface area contributed by atoms with E-state index >= 15 is 0 Å². The van der Waals surface area contributed by atoms with Crippen molar-refractivity contribution in [3.8, 4) is 11.5 Å². The molecule has 2 aromatic carbocycles. The molecule has 2 aromatic rings. The molecule has 0 radical (unpaired) electrons. The third-order valence-electron chi connectivity index (χ3n) is 3.38. The van der Waals surface area contributed by atoms with E-state index in [0.29, 0.717) is 6.61 Å². The Hall–Kier alpha value is -2.04. The minimum Gasteiger partial charge on any atom is -0.508 e. The molecule has 3 rings (SSSR count). The topological polar surface area (TPSA) is 58.9 Å². The van der Waals surface area contributed by atoms with E-state index < -0.39 is 5.79 Å². The molecular formula is C16H16O4. The second-order valence-electron chi connectivity index (χ2n) is 4.95. The molecule has 1 atom stereocenters. The molecule has 0 spiro atoms. The van der Waals surface area contributed by atoms with Gasteiger partial charge in [0.2, 0.25) is 5.79 Å². The molecule has 0 amide bonds. The molecule has 1 aliphatic heterocycles. The largest absolute Gasteiger partial charge is 0.508 e. The van der Waals surface area contributed by atoms with Crippen molar-refractivity contribution in [2.45, 2.75) is 18.8 Å². The Morgan fingerprint density at radius 3 is 1.70 bits per heavy atom. The van der Waals surface area contributed by atoms with Gasteiger partial charge in [-0.1, -0.05) is 0 Å². The zero-order valence-electron chi connectivity index (χ0n) is 11.1. The Morgan fingerprint density at radius 1 is 0.900 bits per heavy atom. The number of rotatable bonds is 2. The van der Waals surface area contributed by atoms with Crippen molar-refractivity contribution >= 4 is 0 Å². The van der Waals surface area contributed by atoms with Crippen molar-refractivity contribution in [2.75, 3.05) is 6.61 Å². The lowest BCUT2D eigenvalue weighted by atomic mass is 9.97. The quantitative estimate of drug-likeness (QED) is 0.882. The average molecular weight is 272 g/mol. The van der Waals surface area contributed by atoms with Crippen LogP contribution in [-0.4, -0.2) is 22.9 Å². The standard InChI is InChI=1S/C16H16O4/c1-11-10-19-16(20-11,12-2-6-14(17)7-3-12)13-4-8-15(18)9-5-13/h2-9,11,17-18H,10H2,1H3. The number of hydrogen-bond donors (Lipinski definition) is 2. The zero-order chi connectivity index (χ0) is 14.2. The molecule has 4 heteroatoms. The van der Waals surface area contributed by atoms with E-state index in [1.54, 1.807) is 48.5 Å².